The van der Waals surface area contributed by atoms with Crippen molar-refractivity contribution in [3.8, 4) is 11.5 Å². The number of alkyl halides is 3. The Kier molecular flexibility index (Phi) is 3.70. The molecule has 0 saturated heterocycles. The molecule has 1 N–H and O–H groups in total. The number of carbonyl (C=O) groups excluding carboxylic acids is 1. The molecule has 0 aromatic carbocycles. The number of fused-ring (bicyclic) bond motifs is 1. The van der Waals surface area contributed by atoms with Crippen LogP contribution in [0.5, 0.6) is 0 Å². The summed E-state index contributed by atoms with van der Waals surface area (Å²) in [4.78, 5) is 20.7. The molecule has 0 bridgehead atoms. The third kappa shape index (κ3) is 2.91. The molecule has 1 saturated carbocycles. The topological polar surface area (TPSA) is 85.3 Å². The van der Waals surface area contributed by atoms with Gasteiger partial charge in [-0.05, 0) is 31.7 Å². The molecule has 1 fully saturated rings. The molecule has 3 aromatic rings. The average Bonchev–Trinajstić information content (AvgIpc) is 3.09. The highest BCUT2D eigenvalue weighted by atomic mass is 19.4. The van der Waals surface area contributed by atoms with Gasteiger partial charge in [-0.15, -0.1) is 0 Å². The van der Waals surface area contributed by atoms with Crippen molar-refractivity contribution in [2.24, 2.45) is 5.92 Å². The second-order valence-electron chi connectivity index (χ2n) is 6.28. The molecule has 1 aliphatic carbocycles. The Morgan fingerprint density at radius 3 is 2.81 bits per heavy atom. The van der Waals surface area contributed by atoms with E-state index in [1.807, 2.05) is 0 Å². The molecule has 26 heavy (non-hydrogen) atoms. The van der Waals surface area contributed by atoms with Crippen LogP contribution >= 0.6 is 0 Å². The van der Waals surface area contributed by atoms with Crippen LogP contribution in [0.2, 0.25) is 0 Å². The largest absolute Gasteiger partial charge is 0.408 e. The molecule has 3 aromatic heterocycles. The summed E-state index contributed by atoms with van der Waals surface area (Å²) in [7, 11) is 0. The highest BCUT2D eigenvalue weighted by Gasteiger charge is 2.50. The fourth-order valence-electron chi connectivity index (χ4n) is 2.86. The number of aromatic nitrogens is 4. The second kappa shape index (κ2) is 5.82. The maximum absolute atomic E-state index is 13.2. The number of halogens is 3. The first kappa shape index (κ1) is 16.6. The molecular weight excluding hydrogens is 351 g/mol. The lowest BCUT2D eigenvalue weighted by Gasteiger charge is -2.20. The van der Waals surface area contributed by atoms with E-state index in [1.165, 1.54) is 16.9 Å². The van der Waals surface area contributed by atoms with Crippen molar-refractivity contribution in [1.82, 2.24) is 24.8 Å². The van der Waals surface area contributed by atoms with E-state index in [4.69, 9.17) is 4.52 Å². The molecule has 0 aliphatic heterocycles. The van der Waals surface area contributed by atoms with Crippen LogP contribution in [0.4, 0.5) is 13.2 Å². The molecule has 1 atom stereocenters. The van der Waals surface area contributed by atoms with E-state index in [0.717, 1.165) is 0 Å². The van der Waals surface area contributed by atoms with Gasteiger partial charge in [0, 0.05) is 11.8 Å². The number of hydrogen-bond acceptors (Lipinski definition) is 5. The Morgan fingerprint density at radius 1 is 1.42 bits per heavy atom. The van der Waals surface area contributed by atoms with Crippen LogP contribution in [-0.4, -0.2) is 37.7 Å². The summed E-state index contributed by atoms with van der Waals surface area (Å²) in [5, 5.41) is 5.68. The molecule has 4 rings (SSSR count). The summed E-state index contributed by atoms with van der Waals surface area (Å²) < 4.78 is 46.1. The van der Waals surface area contributed by atoms with Crippen molar-refractivity contribution in [1.29, 1.82) is 0 Å². The number of nitrogens with zero attached hydrogens (tertiary/aromatic N) is 4. The summed E-state index contributed by atoms with van der Waals surface area (Å²) in [6, 6.07) is 1.44. The Labute approximate surface area is 145 Å². The summed E-state index contributed by atoms with van der Waals surface area (Å²) in [5.74, 6) is -1.09. The molecule has 1 amide bonds. The van der Waals surface area contributed by atoms with E-state index in [9.17, 15) is 18.0 Å². The van der Waals surface area contributed by atoms with Gasteiger partial charge in [0.1, 0.15) is 18.1 Å². The van der Waals surface area contributed by atoms with Gasteiger partial charge >= 0.3 is 6.18 Å². The lowest BCUT2D eigenvalue weighted by atomic mass is 10.1. The average molecular weight is 365 g/mol. The Morgan fingerprint density at radius 2 is 2.19 bits per heavy atom. The normalized spacial score (nSPS) is 16.0. The van der Waals surface area contributed by atoms with E-state index in [2.05, 4.69) is 20.4 Å². The molecule has 10 heteroatoms. The monoisotopic (exact) mass is 365 g/mol. The van der Waals surface area contributed by atoms with Crippen LogP contribution in [0.3, 0.4) is 0 Å². The zero-order chi connectivity index (χ0) is 18.5. The van der Waals surface area contributed by atoms with Crippen LogP contribution in [-0.2, 0) is 0 Å². The SMILES string of the molecule is Cc1cc(-c2ccno2)nc2c(C(=O)NC(C3CC3)C(F)(F)F)ncn12. The maximum atomic E-state index is 13.2. The maximum Gasteiger partial charge on any atom is 0.408 e. The lowest BCUT2D eigenvalue weighted by molar-refractivity contribution is -0.158. The zero-order valence-electron chi connectivity index (χ0n) is 13.6. The summed E-state index contributed by atoms with van der Waals surface area (Å²) in [5.41, 5.74) is 1.11. The zero-order valence-corrected chi connectivity index (χ0v) is 13.6. The van der Waals surface area contributed by atoms with Crippen LogP contribution < -0.4 is 5.32 Å². The number of carbonyl (C=O) groups is 1. The molecular formula is C16H14F3N5O2. The van der Waals surface area contributed by atoms with Crippen LogP contribution in [0, 0.1) is 12.8 Å². The van der Waals surface area contributed by atoms with E-state index in [-0.39, 0.29) is 11.3 Å². The van der Waals surface area contributed by atoms with Gasteiger partial charge in [0.25, 0.3) is 5.91 Å². The minimum atomic E-state index is -4.50. The molecule has 3 heterocycles. The van der Waals surface area contributed by atoms with Crippen molar-refractivity contribution in [2.45, 2.75) is 32.0 Å². The van der Waals surface area contributed by atoms with E-state index in [0.29, 0.717) is 30.0 Å². The Balaban J connectivity index is 1.71. The third-order valence-electron chi connectivity index (χ3n) is 4.33. The quantitative estimate of drug-likeness (QED) is 0.768. The van der Waals surface area contributed by atoms with Crippen molar-refractivity contribution in [3.05, 3.63) is 36.0 Å². The number of amides is 1. The van der Waals surface area contributed by atoms with Gasteiger partial charge in [-0.25, -0.2) is 9.97 Å². The van der Waals surface area contributed by atoms with E-state index in [1.54, 1.807) is 19.1 Å². The highest BCUT2D eigenvalue weighted by Crippen LogP contribution is 2.40. The summed E-state index contributed by atoms with van der Waals surface area (Å²) >= 11 is 0. The Hall–Kier alpha value is -2.91. The fraction of sp³-hybridized carbons (Fsp3) is 0.375. The van der Waals surface area contributed by atoms with Gasteiger partial charge < -0.3 is 9.84 Å². The van der Waals surface area contributed by atoms with Crippen molar-refractivity contribution < 1.29 is 22.5 Å². The van der Waals surface area contributed by atoms with Crippen LogP contribution in [0.25, 0.3) is 17.1 Å². The molecule has 7 nitrogen and oxygen atoms in total. The van der Waals surface area contributed by atoms with E-state index >= 15 is 0 Å². The first-order valence-corrected chi connectivity index (χ1v) is 7.98. The van der Waals surface area contributed by atoms with Crippen molar-refractivity contribution in [3.63, 3.8) is 0 Å². The highest BCUT2D eigenvalue weighted by molar-refractivity contribution is 5.98. The molecule has 1 unspecified atom stereocenters. The standard InChI is InChI=1S/C16H14F3N5O2/c1-8-6-10(11-4-5-21-26-11)22-14-12(20-7-24(8)14)15(25)23-13(9-2-3-9)16(17,18)19/h4-7,9,13H,2-3H2,1H3,(H,23,25). The molecule has 0 radical (unpaired) electrons. The van der Waals surface area contributed by atoms with Gasteiger partial charge in [-0.1, -0.05) is 5.16 Å². The summed E-state index contributed by atoms with van der Waals surface area (Å²) in [6.07, 6.45) is -0.802. The first-order chi connectivity index (χ1) is 12.3. The summed E-state index contributed by atoms with van der Waals surface area (Å²) in [6.45, 7) is 1.76. The number of imidazole rings is 1. The van der Waals surface area contributed by atoms with Crippen LogP contribution in [0.15, 0.2) is 29.2 Å². The third-order valence-corrected chi connectivity index (χ3v) is 4.33. The second-order valence-corrected chi connectivity index (χ2v) is 6.28. The molecule has 1 aliphatic rings. The van der Waals surface area contributed by atoms with Gasteiger partial charge in [0.15, 0.2) is 17.1 Å². The van der Waals surface area contributed by atoms with Crippen molar-refractivity contribution >= 4 is 11.6 Å². The molecule has 0 spiro atoms. The van der Waals surface area contributed by atoms with Gasteiger partial charge in [-0.2, -0.15) is 13.2 Å². The fourth-order valence-corrected chi connectivity index (χ4v) is 2.86. The predicted octanol–water partition coefficient (Wildman–Crippen LogP) is 2.76. The first-order valence-electron chi connectivity index (χ1n) is 7.98. The number of aryl methyl sites for hydroxylation is 1. The van der Waals surface area contributed by atoms with Crippen molar-refractivity contribution in [2.75, 3.05) is 0 Å². The van der Waals surface area contributed by atoms with Gasteiger partial charge in [-0.3, -0.25) is 9.20 Å². The van der Waals surface area contributed by atoms with Gasteiger partial charge in [0.05, 0.1) is 6.20 Å². The number of rotatable bonds is 4. The van der Waals surface area contributed by atoms with E-state index < -0.39 is 24.0 Å². The van der Waals surface area contributed by atoms with Gasteiger partial charge in [0.2, 0.25) is 0 Å². The van der Waals surface area contributed by atoms with Crippen LogP contribution in [0.1, 0.15) is 29.0 Å². The minimum Gasteiger partial charge on any atom is -0.355 e. The minimum absolute atomic E-state index is 0.158. The smallest absolute Gasteiger partial charge is 0.355 e. The molecule has 136 valence electrons. The number of nitrogens with one attached hydrogen (secondary N) is 1. The lowest BCUT2D eigenvalue weighted by Crippen LogP contribution is -2.47. The number of hydrogen-bond donors (Lipinski definition) is 1. The predicted molar refractivity (Wildman–Crippen MR) is 83.3 cm³/mol. The Bertz CT molecular complexity index is 960.